The number of hydrogen-bond acceptors (Lipinski definition) is 3. The van der Waals surface area contributed by atoms with E-state index < -0.39 is 5.60 Å². The third-order valence-electron chi connectivity index (χ3n) is 2.70. The Morgan fingerprint density at radius 2 is 2.27 bits per heavy atom. The largest absolute Gasteiger partial charge is 0.393 e. The van der Waals surface area contributed by atoms with Gasteiger partial charge in [-0.05, 0) is 19.4 Å². The summed E-state index contributed by atoms with van der Waals surface area (Å²) in [5.41, 5.74) is -0.827. The van der Waals surface area contributed by atoms with Gasteiger partial charge in [-0.3, -0.25) is 0 Å². The number of aliphatic hydroxyl groups is 2. The summed E-state index contributed by atoms with van der Waals surface area (Å²) in [5, 5.41) is 18.7. The van der Waals surface area contributed by atoms with Gasteiger partial charge in [0, 0.05) is 13.1 Å². The molecule has 0 aromatic carbocycles. The molecular weight excluding hydrogens is 142 g/mol. The lowest BCUT2D eigenvalue weighted by Gasteiger charge is -2.40. The zero-order chi connectivity index (χ0) is 8.48. The van der Waals surface area contributed by atoms with Crippen LogP contribution in [0.3, 0.4) is 0 Å². The average molecular weight is 159 g/mol. The van der Waals surface area contributed by atoms with Crippen molar-refractivity contribution in [3.63, 3.8) is 0 Å². The Hall–Kier alpha value is -0.120. The van der Waals surface area contributed by atoms with Crippen LogP contribution >= 0.6 is 0 Å². The van der Waals surface area contributed by atoms with E-state index in [2.05, 4.69) is 4.90 Å². The Labute approximate surface area is 67.6 Å². The van der Waals surface area contributed by atoms with Gasteiger partial charge >= 0.3 is 0 Å². The molecule has 11 heavy (non-hydrogen) atoms. The third-order valence-corrected chi connectivity index (χ3v) is 2.70. The molecule has 0 saturated carbocycles. The monoisotopic (exact) mass is 159 g/mol. The number of nitrogens with zero attached hydrogens (tertiary/aromatic N) is 1. The lowest BCUT2D eigenvalue weighted by atomic mass is 9.83. The van der Waals surface area contributed by atoms with Gasteiger partial charge in [0.05, 0.1) is 12.2 Å². The van der Waals surface area contributed by atoms with Crippen molar-refractivity contribution in [3.8, 4) is 0 Å². The van der Waals surface area contributed by atoms with Crippen LogP contribution in [-0.2, 0) is 0 Å². The highest BCUT2D eigenvalue weighted by Gasteiger charge is 2.36. The van der Waals surface area contributed by atoms with Crippen LogP contribution in [0.25, 0.3) is 0 Å². The van der Waals surface area contributed by atoms with Gasteiger partial charge in [-0.2, -0.15) is 0 Å². The SMILES string of the molecule is CC1CN(C)CCC1(O)CO. The molecule has 2 N–H and O–H groups in total. The van der Waals surface area contributed by atoms with Crippen LogP contribution in [0, 0.1) is 5.92 Å². The summed E-state index contributed by atoms with van der Waals surface area (Å²) < 4.78 is 0. The second-order valence-electron chi connectivity index (χ2n) is 3.67. The maximum Gasteiger partial charge on any atom is 0.0927 e. The summed E-state index contributed by atoms with van der Waals surface area (Å²) in [4.78, 5) is 2.18. The molecule has 0 aromatic rings. The predicted molar refractivity (Wildman–Crippen MR) is 43.3 cm³/mol. The lowest BCUT2D eigenvalue weighted by molar-refractivity contribution is -0.0934. The van der Waals surface area contributed by atoms with Crippen LogP contribution in [0.15, 0.2) is 0 Å². The topological polar surface area (TPSA) is 43.7 Å². The van der Waals surface area contributed by atoms with E-state index in [0.717, 1.165) is 13.1 Å². The Morgan fingerprint density at radius 3 is 2.73 bits per heavy atom. The first-order chi connectivity index (χ1) is 5.08. The number of likely N-dealkylation sites (tertiary alicyclic amines) is 1. The van der Waals surface area contributed by atoms with Crippen molar-refractivity contribution >= 4 is 0 Å². The minimum atomic E-state index is -0.827. The molecular formula is C8H17NO2. The molecule has 0 aromatic heterocycles. The molecule has 3 heteroatoms. The van der Waals surface area contributed by atoms with E-state index in [1.165, 1.54) is 0 Å². The van der Waals surface area contributed by atoms with Gasteiger partial charge in [-0.1, -0.05) is 6.92 Å². The maximum atomic E-state index is 9.79. The van der Waals surface area contributed by atoms with Crippen molar-refractivity contribution in [1.82, 2.24) is 4.90 Å². The second-order valence-corrected chi connectivity index (χ2v) is 3.67. The Morgan fingerprint density at radius 1 is 1.64 bits per heavy atom. The molecule has 0 amide bonds. The van der Waals surface area contributed by atoms with E-state index in [0.29, 0.717) is 6.42 Å². The van der Waals surface area contributed by atoms with E-state index in [4.69, 9.17) is 5.11 Å². The van der Waals surface area contributed by atoms with E-state index in [9.17, 15) is 5.11 Å². The molecule has 1 rings (SSSR count). The average Bonchev–Trinajstić information content (AvgIpc) is 1.98. The number of hydrogen-bond donors (Lipinski definition) is 2. The van der Waals surface area contributed by atoms with E-state index in [-0.39, 0.29) is 12.5 Å². The van der Waals surface area contributed by atoms with Gasteiger partial charge in [0.25, 0.3) is 0 Å². The second kappa shape index (κ2) is 3.09. The highest BCUT2D eigenvalue weighted by molar-refractivity contribution is 4.89. The van der Waals surface area contributed by atoms with Crippen LogP contribution in [0.1, 0.15) is 13.3 Å². The summed E-state index contributed by atoms with van der Waals surface area (Å²) in [5.74, 6) is 0.172. The van der Waals surface area contributed by atoms with Crippen LogP contribution in [0.2, 0.25) is 0 Å². The Kier molecular flexibility index (Phi) is 2.52. The molecule has 0 spiro atoms. The van der Waals surface area contributed by atoms with Gasteiger partial charge in [0.15, 0.2) is 0 Å². The lowest BCUT2D eigenvalue weighted by Crippen LogP contribution is -2.51. The van der Waals surface area contributed by atoms with Crippen molar-refractivity contribution < 1.29 is 10.2 Å². The van der Waals surface area contributed by atoms with Crippen molar-refractivity contribution in [2.75, 3.05) is 26.7 Å². The number of rotatable bonds is 1. The molecule has 0 radical (unpaired) electrons. The van der Waals surface area contributed by atoms with Crippen molar-refractivity contribution in [2.24, 2.45) is 5.92 Å². The first-order valence-corrected chi connectivity index (χ1v) is 4.10. The van der Waals surface area contributed by atoms with E-state index in [1.54, 1.807) is 0 Å². The fraction of sp³-hybridized carbons (Fsp3) is 1.00. The summed E-state index contributed by atoms with van der Waals surface area (Å²) in [7, 11) is 2.04. The molecule has 2 atom stereocenters. The minimum Gasteiger partial charge on any atom is -0.393 e. The molecule has 1 aliphatic rings. The molecule has 1 saturated heterocycles. The van der Waals surface area contributed by atoms with Crippen molar-refractivity contribution in [1.29, 1.82) is 0 Å². The predicted octanol–water partition coefficient (Wildman–Crippen LogP) is -0.319. The molecule has 1 aliphatic heterocycles. The van der Waals surface area contributed by atoms with Gasteiger partial charge in [0.1, 0.15) is 0 Å². The third kappa shape index (κ3) is 1.72. The summed E-state index contributed by atoms with van der Waals surface area (Å²) in [6.07, 6.45) is 0.682. The van der Waals surface area contributed by atoms with Crippen molar-refractivity contribution in [3.05, 3.63) is 0 Å². The standard InChI is InChI=1S/C8H17NO2/c1-7-5-9(2)4-3-8(7,11)6-10/h7,10-11H,3-6H2,1-2H3. The molecule has 1 heterocycles. The molecule has 66 valence electrons. The smallest absolute Gasteiger partial charge is 0.0927 e. The molecule has 2 unspecified atom stereocenters. The quantitative estimate of drug-likeness (QED) is 0.551. The zero-order valence-electron chi connectivity index (χ0n) is 7.25. The first kappa shape index (κ1) is 8.97. The van der Waals surface area contributed by atoms with Crippen LogP contribution in [0.4, 0.5) is 0 Å². The molecule has 0 bridgehead atoms. The van der Waals surface area contributed by atoms with E-state index >= 15 is 0 Å². The van der Waals surface area contributed by atoms with Gasteiger partial charge in [-0.25, -0.2) is 0 Å². The van der Waals surface area contributed by atoms with Crippen LogP contribution < -0.4 is 0 Å². The highest BCUT2D eigenvalue weighted by atomic mass is 16.3. The van der Waals surface area contributed by atoms with E-state index in [1.807, 2.05) is 14.0 Å². The molecule has 0 aliphatic carbocycles. The number of aliphatic hydroxyl groups excluding tert-OH is 1. The minimum absolute atomic E-state index is 0.109. The first-order valence-electron chi connectivity index (χ1n) is 4.10. The summed E-state index contributed by atoms with van der Waals surface area (Å²) >= 11 is 0. The Bertz CT molecular complexity index is 140. The molecule has 1 fully saturated rings. The maximum absolute atomic E-state index is 9.79. The molecule has 3 nitrogen and oxygen atoms in total. The van der Waals surface area contributed by atoms with Crippen LogP contribution in [-0.4, -0.2) is 47.5 Å². The summed E-state index contributed by atoms with van der Waals surface area (Å²) in [6, 6.07) is 0. The zero-order valence-corrected chi connectivity index (χ0v) is 7.25. The van der Waals surface area contributed by atoms with Gasteiger partial charge < -0.3 is 15.1 Å². The van der Waals surface area contributed by atoms with Gasteiger partial charge in [0.2, 0.25) is 0 Å². The summed E-state index contributed by atoms with van der Waals surface area (Å²) in [6.45, 7) is 3.62. The highest BCUT2D eigenvalue weighted by Crippen LogP contribution is 2.26. The van der Waals surface area contributed by atoms with Crippen LogP contribution in [0.5, 0.6) is 0 Å². The normalized spacial score (nSPS) is 40.9. The fourth-order valence-electron chi connectivity index (χ4n) is 1.59. The Balaban J connectivity index is 2.56. The fourth-order valence-corrected chi connectivity index (χ4v) is 1.59. The van der Waals surface area contributed by atoms with Gasteiger partial charge in [-0.15, -0.1) is 0 Å². The number of piperidine rings is 1. The van der Waals surface area contributed by atoms with Crippen molar-refractivity contribution in [2.45, 2.75) is 18.9 Å².